The number of benzene rings is 2. The molecule has 0 heterocycles. The van der Waals surface area contributed by atoms with Gasteiger partial charge in [-0.1, -0.05) is 6.07 Å². The normalized spacial score (nSPS) is 9.96. The van der Waals surface area contributed by atoms with Gasteiger partial charge in [0.15, 0.2) is 0 Å². The number of nitrogens with one attached hydrogen (secondary N) is 1. The van der Waals surface area contributed by atoms with Gasteiger partial charge in [0.1, 0.15) is 17.1 Å². The number of anilines is 1. The maximum Gasteiger partial charge on any atom is 0.338 e. The Kier molecular flexibility index (Phi) is 5.78. The summed E-state index contributed by atoms with van der Waals surface area (Å²) in [7, 11) is 2.97. The fourth-order valence-corrected chi connectivity index (χ4v) is 2.17. The van der Waals surface area contributed by atoms with Crippen molar-refractivity contribution in [3.8, 4) is 11.5 Å². The SMILES string of the molecule is CCOC(=O)c1ccc(NC(=O)c2c(OC)cccc2OC)cc1. The third-order valence-corrected chi connectivity index (χ3v) is 3.31. The van der Waals surface area contributed by atoms with E-state index in [2.05, 4.69) is 5.32 Å². The van der Waals surface area contributed by atoms with E-state index in [9.17, 15) is 9.59 Å². The van der Waals surface area contributed by atoms with Gasteiger partial charge in [-0.2, -0.15) is 0 Å². The molecule has 0 aliphatic rings. The number of carbonyl (C=O) groups is 2. The van der Waals surface area contributed by atoms with Crippen LogP contribution in [0.3, 0.4) is 0 Å². The lowest BCUT2D eigenvalue weighted by Crippen LogP contribution is -2.14. The molecule has 0 saturated carbocycles. The Morgan fingerprint density at radius 3 is 2.04 bits per heavy atom. The summed E-state index contributed by atoms with van der Waals surface area (Å²) in [6, 6.07) is 11.5. The highest BCUT2D eigenvalue weighted by molar-refractivity contribution is 6.08. The standard InChI is InChI=1S/C18H19NO5/c1-4-24-18(21)12-8-10-13(11-9-12)19-17(20)16-14(22-2)6-5-7-15(16)23-3/h5-11H,4H2,1-3H3,(H,19,20). The molecule has 24 heavy (non-hydrogen) atoms. The fraction of sp³-hybridized carbons (Fsp3) is 0.222. The monoisotopic (exact) mass is 329 g/mol. The molecule has 0 unspecified atom stereocenters. The minimum Gasteiger partial charge on any atom is -0.496 e. The lowest BCUT2D eigenvalue weighted by molar-refractivity contribution is 0.0526. The molecule has 6 nitrogen and oxygen atoms in total. The van der Waals surface area contributed by atoms with Crippen molar-refractivity contribution in [1.82, 2.24) is 0 Å². The number of hydrogen-bond donors (Lipinski definition) is 1. The van der Waals surface area contributed by atoms with Gasteiger partial charge in [0.2, 0.25) is 0 Å². The number of hydrogen-bond acceptors (Lipinski definition) is 5. The van der Waals surface area contributed by atoms with Crippen LogP contribution in [-0.4, -0.2) is 32.7 Å². The van der Waals surface area contributed by atoms with Gasteiger partial charge < -0.3 is 19.5 Å². The van der Waals surface area contributed by atoms with Crippen LogP contribution in [0.5, 0.6) is 11.5 Å². The topological polar surface area (TPSA) is 73.9 Å². The highest BCUT2D eigenvalue weighted by Crippen LogP contribution is 2.29. The predicted octanol–water partition coefficient (Wildman–Crippen LogP) is 3.13. The van der Waals surface area contributed by atoms with Gasteiger partial charge in [-0.3, -0.25) is 4.79 Å². The van der Waals surface area contributed by atoms with Gasteiger partial charge in [-0.05, 0) is 43.3 Å². The molecule has 0 aromatic heterocycles. The minimum absolute atomic E-state index is 0.303. The molecular formula is C18H19NO5. The Morgan fingerprint density at radius 1 is 0.958 bits per heavy atom. The van der Waals surface area contributed by atoms with Crippen molar-refractivity contribution < 1.29 is 23.8 Å². The van der Waals surface area contributed by atoms with Crippen LogP contribution in [-0.2, 0) is 4.74 Å². The van der Waals surface area contributed by atoms with Crippen molar-refractivity contribution in [2.45, 2.75) is 6.92 Å². The summed E-state index contributed by atoms with van der Waals surface area (Å²) in [6.45, 7) is 2.05. The molecule has 0 atom stereocenters. The maximum atomic E-state index is 12.5. The van der Waals surface area contributed by atoms with Crippen molar-refractivity contribution in [3.63, 3.8) is 0 Å². The first-order valence-corrected chi connectivity index (χ1v) is 7.40. The number of rotatable bonds is 6. The van der Waals surface area contributed by atoms with Gasteiger partial charge in [0, 0.05) is 5.69 Å². The molecule has 0 fully saturated rings. The Labute approximate surface area is 140 Å². The minimum atomic E-state index is -0.401. The Hall–Kier alpha value is -3.02. The molecule has 0 aliphatic heterocycles. The van der Waals surface area contributed by atoms with E-state index in [4.69, 9.17) is 14.2 Å². The Bertz CT molecular complexity index is 702. The van der Waals surface area contributed by atoms with Gasteiger partial charge >= 0.3 is 5.97 Å². The van der Waals surface area contributed by atoms with Gasteiger partial charge in [-0.15, -0.1) is 0 Å². The van der Waals surface area contributed by atoms with Crippen LogP contribution in [0.25, 0.3) is 0 Å². The summed E-state index contributed by atoms with van der Waals surface area (Å²) in [5.41, 5.74) is 1.27. The van der Waals surface area contributed by atoms with E-state index in [1.54, 1.807) is 49.4 Å². The van der Waals surface area contributed by atoms with Crippen molar-refractivity contribution in [3.05, 3.63) is 53.6 Å². The number of esters is 1. The average Bonchev–Trinajstić information content (AvgIpc) is 2.61. The van der Waals surface area contributed by atoms with E-state index in [1.165, 1.54) is 14.2 Å². The number of carbonyl (C=O) groups excluding carboxylic acids is 2. The summed E-state index contributed by atoms with van der Waals surface area (Å²) in [4.78, 5) is 24.2. The van der Waals surface area contributed by atoms with Crippen LogP contribution in [0.4, 0.5) is 5.69 Å². The summed E-state index contributed by atoms with van der Waals surface area (Å²) < 4.78 is 15.4. The number of ether oxygens (including phenoxy) is 3. The first-order valence-electron chi connectivity index (χ1n) is 7.40. The van der Waals surface area contributed by atoms with Crippen molar-refractivity contribution in [2.24, 2.45) is 0 Å². The smallest absolute Gasteiger partial charge is 0.338 e. The van der Waals surface area contributed by atoms with E-state index in [0.29, 0.717) is 34.9 Å². The van der Waals surface area contributed by atoms with E-state index in [0.717, 1.165) is 0 Å². The van der Waals surface area contributed by atoms with Crippen LogP contribution in [0.15, 0.2) is 42.5 Å². The average molecular weight is 329 g/mol. The van der Waals surface area contributed by atoms with E-state index in [1.807, 2.05) is 0 Å². The molecule has 1 amide bonds. The molecule has 2 aromatic rings. The zero-order valence-electron chi connectivity index (χ0n) is 13.8. The third kappa shape index (κ3) is 3.84. The lowest BCUT2D eigenvalue weighted by atomic mass is 10.1. The molecule has 2 rings (SSSR count). The van der Waals surface area contributed by atoms with Crippen LogP contribution < -0.4 is 14.8 Å². The van der Waals surface area contributed by atoms with E-state index < -0.39 is 5.97 Å². The number of amides is 1. The van der Waals surface area contributed by atoms with Gasteiger partial charge in [-0.25, -0.2) is 4.79 Å². The zero-order chi connectivity index (χ0) is 17.5. The Morgan fingerprint density at radius 2 is 1.54 bits per heavy atom. The lowest BCUT2D eigenvalue weighted by Gasteiger charge is -2.13. The highest BCUT2D eigenvalue weighted by atomic mass is 16.5. The number of methoxy groups -OCH3 is 2. The summed E-state index contributed by atoms with van der Waals surface area (Å²) in [5.74, 6) is 0.0555. The molecule has 0 aliphatic carbocycles. The summed E-state index contributed by atoms with van der Waals surface area (Å²) in [6.07, 6.45) is 0. The molecule has 0 saturated heterocycles. The largest absolute Gasteiger partial charge is 0.496 e. The van der Waals surface area contributed by atoms with Crippen molar-refractivity contribution in [2.75, 3.05) is 26.1 Å². The van der Waals surface area contributed by atoms with Crippen molar-refractivity contribution >= 4 is 17.6 Å². The molecule has 0 spiro atoms. The molecule has 6 heteroatoms. The molecule has 2 aromatic carbocycles. The molecular weight excluding hydrogens is 310 g/mol. The van der Waals surface area contributed by atoms with E-state index in [-0.39, 0.29) is 5.91 Å². The Balaban J connectivity index is 2.20. The van der Waals surface area contributed by atoms with Gasteiger partial charge in [0.25, 0.3) is 5.91 Å². The first kappa shape index (κ1) is 17.3. The van der Waals surface area contributed by atoms with Crippen LogP contribution in [0, 0.1) is 0 Å². The summed E-state index contributed by atoms with van der Waals surface area (Å²) >= 11 is 0. The maximum absolute atomic E-state index is 12.5. The molecule has 0 bridgehead atoms. The quantitative estimate of drug-likeness (QED) is 0.824. The molecule has 0 radical (unpaired) electrons. The third-order valence-electron chi connectivity index (χ3n) is 3.31. The molecule has 1 N–H and O–H groups in total. The second-order valence-electron chi connectivity index (χ2n) is 4.79. The molecule has 126 valence electrons. The zero-order valence-corrected chi connectivity index (χ0v) is 13.8. The predicted molar refractivity (Wildman–Crippen MR) is 89.9 cm³/mol. The van der Waals surface area contributed by atoms with Crippen LogP contribution in [0.2, 0.25) is 0 Å². The van der Waals surface area contributed by atoms with Crippen LogP contribution >= 0.6 is 0 Å². The van der Waals surface area contributed by atoms with Crippen molar-refractivity contribution in [1.29, 1.82) is 0 Å². The second kappa shape index (κ2) is 8.01. The van der Waals surface area contributed by atoms with E-state index >= 15 is 0 Å². The fourth-order valence-electron chi connectivity index (χ4n) is 2.17. The second-order valence-corrected chi connectivity index (χ2v) is 4.79. The first-order chi connectivity index (χ1) is 11.6. The van der Waals surface area contributed by atoms with Gasteiger partial charge in [0.05, 0.1) is 26.4 Å². The highest BCUT2D eigenvalue weighted by Gasteiger charge is 2.18. The summed E-state index contributed by atoms with van der Waals surface area (Å²) in [5, 5.41) is 2.75. The van der Waals surface area contributed by atoms with Crippen LogP contribution in [0.1, 0.15) is 27.6 Å².